The van der Waals surface area contributed by atoms with Gasteiger partial charge in [0.25, 0.3) is 5.91 Å². The first-order chi connectivity index (χ1) is 24.1. The van der Waals surface area contributed by atoms with Crippen molar-refractivity contribution in [3.63, 3.8) is 0 Å². The third kappa shape index (κ3) is 5.37. The van der Waals surface area contributed by atoms with Crippen molar-refractivity contribution in [2.24, 2.45) is 0 Å². The standard InChI is InChI=1S/C43H28Cl4N2O/c1-43(2)35-6-4-3-5-33(35)42(50)49(43)41-40-34(23-24-48-41)36(25-7-15-29(44)16-8-25)37(26-9-17-30(45)18-10-26)38(27-11-19-31(46)20-12-27)39(40)28-13-21-32(47)22-14-28/h3-24H,1-2H3. The quantitative estimate of drug-likeness (QED) is 0.177. The number of pyridine rings is 1. The Morgan fingerprint density at radius 1 is 0.520 bits per heavy atom. The largest absolute Gasteiger partial charge is 0.282 e. The second-order valence-corrected chi connectivity index (χ2v) is 14.6. The highest BCUT2D eigenvalue weighted by Gasteiger charge is 2.45. The number of hydrogen-bond acceptors (Lipinski definition) is 2. The molecule has 0 aliphatic carbocycles. The average Bonchev–Trinajstić information content (AvgIpc) is 3.32. The summed E-state index contributed by atoms with van der Waals surface area (Å²) in [5.74, 6) is 0.460. The number of hydrogen-bond donors (Lipinski definition) is 0. The molecule has 2 heterocycles. The van der Waals surface area contributed by atoms with Gasteiger partial charge in [-0.05, 0) is 124 Å². The number of halogens is 4. The summed E-state index contributed by atoms with van der Waals surface area (Å²) in [5.41, 5.74) is 8.49. The Morgan fingerprint density at radius 3 is 1.42 bits per heavy atom. The third-order valence-electron chi connectivity index (χ3n) is 9.52. The molecule has 0 N–H and O–H groups in total. The van der Waals surface area contributed by atoms with Gasteiger partial charge in [0.2, 0.25) is 0 Å². The van der Waals surface area contributed by atoms with Crippen LogP contribution < -0.4 is 4.90 Å². The van der Waals surface area contributed by atoms with E-state index in [1.807, 2.05) is 132 Å². The molecule has 244 valence electrons. The first-order valence-corrected chi connectivity index (χ1v) is 17.6. The van der Waals surface area contributed by atoms with Crippen LogP contribution >= 0.6 is 46.4 Å². The lowest BCUT2D eigenvalue weighted by atomic mass is 9.79. The van der Waals surface area contributed by atoms with Crippen molar-refractivity contribution in [2.45, 2.75) is 19.4 Å². The zero-order chi connectivity index (χ0) is 34.7. The molecule has 0 unspecified atom stereocenters. The normalized spacial score (nSPS) is 13.6. The van der Waals surface area contributed by atoms with Gasteiger partial charge < -0.3 is 0 Å². The smallest absolute Gasteiger partial charge is 0.260 e. The molecule has 0 saturated heterocycles. The molecule has 0 radical (unpaired) electrons. The van der Waals surface area contributed by atoms with Crippen LogP contribution in [-0.2, 0) is 5.54 Å². The van der Waals surface area contributed by atoms with Gasteiger partial charge in [0.1, 0.15) is 5.82 Å². The summed E-state index contributed by atoms with van der Waals surface area (Å²) in [5, 5.41) is 4.26. The van der Waals surface area contributed by atoms with Gasteiger partial charge in [-0.1, -0.05) is 113 Å². The maximum absolute atomic E-state index is 14.5. The van der Waals surface area contributed by atoms with Crippen LogP contribution in [-0.4, -0.2) is 10.9 Å². The Bertz CT molecular complexity index is 2440. The SMILES string of the molecule is CC1(C)c2ccccc2C(=O)N1c1nccc2c(-c3ccc(Cl)cc3)c(-c3ccc(Cl)cc3)c(-c3ccc(Cl)cc3)c(-c3ccc(Cl)cc3)c12. The first kappa shape index (κ1) is 32.6. The fraction of sp³-hybridized carbons (Fsp3) is 0.0698. The summed E-state index contributed by atoms with van der Waals surface area (Å²) in [4.78, 5) is 21.4. The van der Waals surface area contributed by atoms with Crippen molar-refractivity contribution >= 4 is 68.9 Å². The molecule has 8 rings (SSSR count). The van der Waals surface area contributed by atoms with Crippen LogP contribution in [0.15, 0.2) is 134 Å². The fourth-order valence-corrected chi connectivity index (χ4v) is 7.78. The van der Waals surface area contributed by atoms with Crippen molar-refractivity contribution in [1.29, 1.82) is 0 Å². The molecule has 1 aliphatic heterocycles. The molecule has 1 aromatic heterocycles. The van der Waals surface area contributed by atoms with Crippen LogP contribution in [0.25, 0.3) is 55.3 Å². The van der Waals surface area contributed by atoms with Crippen LogP contribution in [0.2, 0.25) is 20.1 Å². The summed E-state index contributed by atoms with van der Waals surface area (Å²) in [6.45, 7) is 4.14. The monoisotopic (exact) mass is 728 g/mol. The van der Waals surface area contributed by atoms with Gasteiger partial charge in [-0.15, -0.1) is 0 Å². The predicted octanol–water partition coefficient (Wildman–Crippen LogP) is 13.4. The summed E-state index contributed by atoms with van der Waals surface area (Å²) < 4.78 is 0. The van der Waals surface area contributed by atoms with E-state index in [1.54, 1.807) is 6.20 Å². The van der Waals surface area contributed by atoms with Gasteiger partial charge in [0.05, 0.1) is 5.54 Å². The molecule has 1 aliphatic rings. The lowest BCUT2D eigenvalue weighted by Gasteiger charge is -2.34. The minimum Gasteiger partial charge on any atom is -0.282 e. The summed E-state index contributed by atoms with van der Waals surface area (Å²) >= 11 is 25.9. The van der Waals surface area contributed by atoms with Crippen molar-refractivity contribution < 1.29 is 4.79 Å². The Balaban J connectivity index is 1.62. The first-order valence-electron chi connectivity index (χ1n) is 16.1. The molecule has 3 nitrogen and oxygen atoms in total. The zero-order valence-electron chi connectivity index (χ0n) is 27.0. The lowest BCUT2D eigenvalue weighted by Crippen LogP contribution is -2.40. The van der Waals surface area contributed by atoms with E-state index in [4.69, 9.17) is 51.4 Å². The number of anilines is 1. The number of carbonyl (C=O) groups is 1. The molecule has 6 aromatic carbocycles. The van der Waals surface area contributed by atoms with E-state index in [0.29, 0.717) is 31.5 Å². The van der Waals surface area contributed by atoms with Crippen molar-refractivity contribution in [1.82, 2.24) is 4.98 Å². The Labute approximate surface area is 310 Å². The molecule has 0 saturated carbocycles. The number of rotatable bonds is 5. The molecule has 0 fully saturated rings. The van der Waals surface area contributed by atoms with E-state index in [0.717, 1.165) is 60.8 Å². The molecule has 7 heteroatoms. The summed E-state index contributed by atoms with van der Waals surface area (Å²) in [6, 6.07) is 41.3. The van der Waals surface area contributed by atoms with Crippen molar-refractivity contribution in [3.8, 4) is 44.5 Å². The van der Waals surface area contributed by atoms with E-state index in [2.05, 4.69) is 13.8 Å². The summed E-state index contributed by atoms with van der Waals surface area (Å²) in [6.07, 6.45) is 1.79. The predicted molar refractivity (Wildman–Crippen MR) is 210 cm³/mol. The lowest BCUT2D eigenvalue weighted by molar-refractivity contribution is 0.0981. The summed E-state index contributed by atoms with van der Waals surface area (Å²) in [7, 11) is 0. The number of aromatic nitrogens is 1. The van der Waals surface area contributed by atoms with Gasteiger partial charge in [0.15, 0.2) is 0 Å². The van der Waals surface area contributed by atoms with E-state index in [-0.39, 0.29) is 5.91 Å². The maximum atomic E-state index is 14.5. The second kappa shape index (κ2) is 12.6. The number of nitrogens with zero attached hydrogens (tertiary/aromatic N) is 2. The van der Waals surface area contributed by atoms with Crippen LogP contribution in [0.4, 0.5) is 5.82 Å². The van der Waals surface area contributed by atoms with Crippen LogP contribution in [0.5, 0.6) is 0 Å². The Kier molecular flexibility index (Phi) is 8.20. The Hall–Kier alpha value is -4.64. The van der Waals surface area contributed by atoms with Gasteiger partial charge in [0, 0.05) is 42.8 Å². The van der Waals surface area contributed by atoms with Crippen LogP contribution in [0.1, 0.15) is 29.8 Å². The van der Waals surface area contributed by atoms with Crippen molar-refractivity contribution in [3.05, 3.63) is 165 Å². The van der Waals surface area contributed by atoms with E-state index in [1.165, 1.54) is 0 Å². The highest BCUT2D eigenvalue weighted by atomic mass is 35.5. The van der Waals surface area contributed by atoms with Crippen LogP contribution in [0.3, 0.4) is 0 Å². The molecular formula is C43H28Cl4N2O. The third-order valence-corrected chi connectivity index (χ3v) is 10.5. The molecule has 7 aromatic rings. The average molecular weight is 731 g/mol. The van der Waals surface area contributed by atoms with Gasteiger partial charge in [-0.25, -0.2) is 4.98 Å². The second-order valence-electron chi connectivity index (χ2n) is 12.8. The number of benzene rings is 6. The minimum absolute atomic E-state index is 0.101. The minimum atomic E-state index is -0.693. The van der Waals surface area contributed by atoms with Gasteiger partial charge >= 0.3 is 0 Å². The van der Waals surface area contributed by atoms with Gasteiger partial charge in [-0.3, -0.25) is 9.69 Å². The zero-order valence-corrected chi connectivity index (χ0v) is 30.0. The number of carbonyl (C=O) groups excluding carboxylic acids is 1. The molecule has 0 spiro atoms. The molecular weight excluding hydrogens is 702 g/mol. The van der Waals surface area contributed by atoms with Crippen molar-refractivity contribution in [2.75, 3.05) is 4.90 Å². The van der Waals surface area contributed by atoms with Gasteiger partial charge in [-0.2, -0.15) is 0 Å². The molecule has 50 heavy (non-hydrogen) atoms. The Morgan fingerprint density at radius 2 is 0.940 bits per heavy atom. The van der Waals surface area contributed by atoms with E-state index >= 15 is 0 Å². The van der Waals surface area contributed by atoms with Crippen LogP contribution in [0, 0.1) is 0 Å². The molecule has 0 atom stereocenters. The highest BCUT2D eigenvalue weighted by molar-refractivity contribution is 6.32. The molecule has 0 bridgehead atoms. The van der Waals surface area contributed by atoms with E-state index < -0.39 is 5.54 Å². The maximum Gasteiger partial charge on any atom is 0.260 e. The van der Waals surface area contributed by atoms with E-state index in [9.17, 15) is 4.79 Å². The highest BCUT2D eigenvalue weighted by Crippen LogP contribution is 2.54. The number of amides is 1. The number of fused-ring (bicyclic) bond motifs is 2. The molecule has 1 amide bonds. The fourth-order valence-electron chi connectivity index (χ4n) is 7.28. The topological polar surface area (TPSA) is 33.2 Å².